The zero-order valence-corrected chi connectivity index (χ0v) is 12.3. The van der Waals surface area contributed by atoms with Gasteiger partial charge in [-0.05, 0) is 37.9 Å². The first-order valence-corrected chi connectivity index (χ1v) is 7.67. The molecule has 1 fully saturated rings. The maximum absolute atomic E-state index is 11.1. The van der Waals surface area contributed by atoms with Crippen LogP contribution in [0.1, 0.15) is 45.1 Å². The lowest BCUT2D eigenvalue weighted by Crippen LogP contribution is -2.42. The van der Waals surface area contributed by atoms with Crippen molar-refractivity contribution >= 4 is 0 Å². The Morgan fingerprint density at radius 2 is 1.79 bits per heavy atom. The zero-order valence-electron chi connectivity index (χ0n) is 12.3. The van der Waals surface area contributed by atoms with E-state index in [1.807, 2.05) is 18.2 Å². The van der Waals surface area contributed by atoms with Crippen LogP contribution in [0, 0.1) is 5.92 Å². The molecule has 0 amide bonds. The molecule has 0 aromatic heterocycles. The van der Waals surface area contributed by atoms with Gasteiger partial charge in [0.15, 0.2) is 0 Å². The predicted octanol–water partition coefficient (Wildman–Crippen LogP) is 3.41. The summed E-state index contributed by atoms with van der Waals surface area (Å²) >= 11 is 0. The molecule has 2 atom stereocenters. The highest BCUT2D eigenvalue weighted by molar-refractivity contribution is 5.23. The Hall–Kier alpha value is -0.860. The summed E-state index contributed by atoms with van der Waals surface area (Å²) in [7, 11) is 0. The van der Waals surface area contributed by atoms with E-state index in [1.54, 1.807) is 0 Å². The van der Waals surface area contributed by atoms with Gasteiger partial charge in [-0.3, -0.25) is 0 Å². The van der Waals surface area contributed by atoms with Crippen LogP contribution in [0.3, 0.4) is 0 Å². The highest BCUT2D eigenvalue weighted by Crippen LogP contribution is 2.33. The van der Waals surface area contributed by atoms with Gasteiger partial charge in [-0.1, -0.05) is 50.6 Å². The van der Waals surface area contributed by atoms with Gasteiger partial charge in [0, 0.05) is 12.5 Å². The molecule has 1 N–H and O–H groups in total. The lowest BCUT2D eigenvalue weighted by Gasteiger charge is -2.38. The molecule has 0 unspecified atom stereocenters. The summed E-state index contributed by atoms with van der Waals surface area (Å²) in [6, 6.07) is 10.1. The highest BCUT2D eigenvalue weighted by atomic mass is 16.3. The van der Waals surface area contributed by atoms with E-state index in [-0.39, 0.29) is 5.92 Å². The number of rotatable bonds is 5. The van der Waals surface area contributed by atoms with Crippen LogP contribution in [0.25, 0.3) is 0 Å². The second kappa shape index (κ2) is 6.53. The Morgan fingerprint density at radius 1 is 1.16 bits per heavy atom. The van der Waals surface area contributed by atoms with Crippen LogP contribution in [0.5, 0.6) is 0 Å². The molecule has 1 aliphatic rings. The maximum Gasteiger partial charge on any atom is 0.0931 e. The van der Waals surface area contributed by atoms with E-state index in [2.05, 4.69) is 30.9 Å². The largest absolute Gasteiger partial charge is 0.385 e. The van der Waals surface area contributed by atoms with Crippen molar-refractivity contribution in [3.8, 4) is 0 Å². The number of piperidine rings is 1. The molecule has 0 radical (unpaired) electrons. The molecule has 106 valence electrons. The monoisotopic (exact) mass is 261 g/mol. The molecule has 1 aliphatic heterocycles. The van der Waals surface area contributed by atoms with Gasteiger partial charge in [-0.2, -0.15) is 0 Å². The number of hydrogen-bond donors (Lipinski definition) is 1. The molecule has 0 bridgehead atoms. The van der Waals surface area contributed by atoms with Gasteiger partial charge in [0.25, 0.3) is 0 Å². The van der Waals surface area contributed by atoms with E-state index in [0.29, 0.717) is 0 Å². The molecule has 1 aromatic carbocycles. The van der Waals surface area contributed by atoms with Gasteiger partial charge < -0.3 is 10.0 Å². The van der Waals surface area contributed by atoms with Crippen LogP contribution in [-0.2, 0) is 5.60 Å². The number of likely N-dealkylation sites (tertiary alicyclic amines) is 1. The molecule has 0 aliphatic carbocycles. The Labute approximate surface area is 117 Å². The lowest BCUT2D eigenvalue weighted by atomic mass is 9.80. The normalized spacial score (nSPS) is 21.8. The molecule has 1 aromatic rings. The smallest absolute Gasteiger partial charge is 0.0931 e. The molecule has 1 heterocycles. The first kappa shape index (κ1) is 14.5. The topological polar surface area (TPSA) is 23.5 Å². The Balaban J connectivity index is 2.07. The molecule has 19 heavy (non-hydrogen) atoms. The van der Waals surface area contributed by atoms with Gasteiger partial charge in [-0.15, -0.1) is 0 Å². The third kappa shape index (κ3) is 3.37. The van der Waals surface area contributed by atoms with E-state index in [0.717, 1.165) is 18.5 Å². The second-order valence-electron chi connectivity index (χ2n) is 5.91. The van der Waals surface area contributed by atoms with Gasteiger partial charge in [0.2, 0.25) is 0 Å². The van der Waals surface area contributed by atoms with Gasteiger partial charge in [-0.25, -0.2) is 0 Å². The van der Waals surface area contributed by atoms with Crippen LogP contribution < -0.4 is 0 Å². The maximum atomic E-state index is 11.1. The van der Waals surface area contributed by atoms with Crippen molar-refractivity contribution in [2.24, 2.45) is 5.92 Å². The number of hydrogen-bond acceptors (Lipinski definition) is 2. The van der Waals surface area contributed by atoms with Gasteiger partial charge in [0.05, 0.1) is 5.60 Å². The number of aliphatic hydroxyl groups is 1. The van der Waals surface area contributed by atoms with Crippen molar-refractivity contribution in [3.63, 3.8) is 0 Å². The Kier molecular flexibility index (Phi) is 5.00. The van der Waals surface area contributed by atoms with Crippen molar-refractivity contribution in [2.75, 3.05) is 19.6 Å². The molecule has 0 spiro atoms. The van der Waals surface area contributed by atoms with Gasteiger partial charge in [0.1, 0.15) is 0 Å². The quantitative estimate of drug-likeness (QED) is 0.878. The summed E-state index contributed by atoms with van der Waals surface area (Å²) in [6.45, 7) is 7.65. The number of nitrogens with zero attached hydrogens (tertiary/aromatic N) is 1. The van der Waals surface area contributed by atoms with Crippen molar-refractivity contribution in [2.45, 2.75) is 45.1 Å². The fourth-order valence-corrected chi connectivity index (χ4v) is 3.24. The lowest BCUT2D eigenvalue weighted by molar-refractivity contribution is -0.0351. The Morgan fingerprint density at radius 3 is 2.37 bits per heavy atom. The fourth-order valence-electron chi connectivity index (χ4n) is 3.24. The van der Waals surface area contributed by atoms with Crippen LogP contribution in [0.15, 0.2) is 30.3 Å². The third-order valence-corrected chi connectivity index (χ3v) is 4.61. The first-order chi connectivity index (χ1) is 9.16. The molecular weight excluding hydrogens is 234 g/mol. The number of benzene rings is 1. The summed E-state index contributed by atoms with van der Waals surface area (Å²) in [5.41, 5.74) is 0.362. The second-order valence-corrected chi connectivity index (χ2v) is 5.91. The third-order valence-electron chi connectivity index (χ3n) is 4.61. The van der Waals surface area contributed by atoms with Crippen molar-refractivity contribution in [1.29, 1.82) is 0 Å². The van der Waals surface area contributed by atoms with Crippen LogP contribution in [0.2, 0.25) is 0 Å². The van der Waals surface area contributed by atoms with Crippen LogP contribution >= 0.6 is 0 Å². The fraction of sp³-hybridized carbons (Fsp3) is 0.647. The summed E-state index contributed by atoms with van der Waals surface area (Å²) in [6.07, 6.45) is 4.75. The van der Waals surface area contributed by atoms with Crippen LogP contribution in [0.4, 0.5) is 0 Å². The van der Waals surface area contributed by atoms with E-state index in [4.69, 9.17) is 0 Å². The van der Waals surface area contributed by atoms with Gasteiger partial charge >= 0.3 is 0 Å². The minimum absolute atomic E-state index is 0.262. The van der Waals surface area contributed by atoms with Crippen molar-refractivity contribution in [1.82, 2.24) is 4.90 Å². The molecular formula is C17H27NO. The average molecular weight is 261 g/mol. The van der Waals surface area contributed by atoms with Crippen molar-refractivity contribution in [3.05, 3.63) is 35.9 Å². The van der Waals surface area contributed by atoms with E-state index < -0.39 is 5.60 Å². The van der Waals surface area contributed by atoms with E-state index >= 15 is 0 Å². The molecule has 2 nitrogen and oxygen atoms in total. The highest BCUT2D eigenvalue weighted by Gasteiger charge is 2.34. The molecule has 1 saturated heterocycles. The van der Waals surface area contributed by atoms with E-state index in [1.165, 1.54) is 32.4 Å². The Bertz CT molecular complexity index is 372. The minimum atomic E-state index is -0.696. The summed E-state index contributed by atoms with van der Waals surface area (Å²) in [4.78, 5) is 2.51. The molecule has 2 rings (SSSR count). The predicted molar refractivity (Wildman–Crippen MR) is 80.1 cm³/mol. The average Bonchev–Trinajstić information content (AvgIpc) is 2.48. The van der Waals surface area contributed by atoms with E-state index in [9.17, 15) is 5.11 Å². The summed E-state index contributed by atoms with van der Waals surface area (Å²) in [5.74, 6) is 0.262. The molecule has 0 saturated carbocycles. The summed E-state index contributed by atoms with van der Waals surface area (Å²) < 4.78 is 0. The molecule has 2 heteroatoms. The standard InChI is InChI=1S/C17H27NO/c1-3-17(19,16-10-6-4-7-11-16)15(2)14-18-12-8-5-9-13-18/h4,6-7,10-11,15,19H,3,5,8-9,12-14H2,1-2H3/t15-,17+/m1/s1. The van der Waals surface area contributed by atoms with Crippen LogP contribution in [-0.4, -0.2) is 29.6 Å². The van der Waals surface area contributed by atoms with Crippen molar-refractivity contribution < 1.29 is 5.11 Å². The summed E-state index contributed by atoms with van der Waals surface area (Å²) in [5, 5.41) is 11.1. The first-order valence-electron chi connectivity index (χ1n) is 7.67. The SMILES string of the molecule is CC[C@@](O)(c1ccccc1)[C@H](C)CN1CCCCC1. The minimum Gasteiger partial charge on any atom is -0.385 e. The zero-order chi connectivity index (χ0) is 13.7.